The molecule has 0 fully saturated rings. The topological polar surface area (TPSA) is 52.9 Å². The number of aliphatic hydroxyl groups is 2. The van der Waals surface area contributed by atoms with Crippen LogP contribution in [-0.2, 0) is 5.41 Å². The van der Waals surface area contributed by atoms with Gasteiger partial charge in [-0.2, -0.15) is 0 Å². The molecule has 0 bridgehead atoms. The molecule has 1 aromatic rings. The van der Waals surface area contributed by atoms with Crippen molar-refractivity contribution in [1.29, 1.82) is 0 Å². The lowest BCUT2D eigenvalue weighted by Gasteiger charge is -2.25. The molecule has 1 aromatic carbocycles. The summed E-state index contributed by atoms with van der Waals surface area (Å²) in [6.07, 6.45) is 0.156. The van der Waals surface area contributed by atoms with Crippen LogP contribution in [0.2, 0.25) is 0 Å². The number of nitrogens with zero attached hydrogens (tertiary/aromatic N) is 1. The number of hydrogen-bond donors (Lipinski definition) is 2. The number of benzene rings is 1. The molecule has 0 aliphatic carbocycles. The molecule has 0 saturated carbocycles. The molecule has 22 heavy (non-hydrogen) atoms. The summed E-state index contributed by atoms with van der Waals surface area (Å²) >= 11 is 0. The molecule has 0 aliphatic heterocycles. The zero-order valence-corrected chi connectivity index (χ0v) is 14.6. The van der Waals surface area contributed by atoms with E-state index >= 15 is 0 Å². The maximum Gasteiger partial charge on any atom is 0.122 e. The Bertz CT molecular complexity index is 454. The van der Waals surface area contributed by atoms with Gasteiger partial charge in [-0.3, -0.25) is 0 Å². The van der Waals surface area contributed by atoms with Crippen LogP contribution < -0.4 is 4.74 Å². The van der Waals surface area contributed by atoms with Gasteiger partial charge in [-0.15, -0.1) is 0 Å². The average molecular weight is 309 g/mol. The Morgan fingerprint density at radius 1 is 1.23 bits per heavy atom. The van der Waals surface area contributed by atoms with Crippen molar-refractivity contribution in [2.24, 2.45) is 0 Å². The summed E-state index contributed by atoms with van der Waals surface area (Å²) in [5, 5.41) is 19.5. The second-order valence-electron chi connectivity index (χ2n) is 6.67. The Hall–Kier alpha value is -1.10. The van der Waals surface area contributed by atoms with E-state index in [9.17, 15) is 5.11 Å². The summed E-state index contributed by atoms with van der Waals surface area (Å²) in [5.74, 6) is 0.860. The van der Waals surface area contributed by atoms with E-state index < -0.39 is 6.10 Å². The molecule has 0 aliphatic rings. The second kappa shape index (κ2) is 8.51. The summed E-state index contributed by atoms with van der Waals surface area (Å²) in [4.78, 5) is 2.14. The standard InChI is InChI=1S/C18H31NO3/c1-6-19(11-12-20)10-9-16(21)14-7-8-17(22-5)15(13-14)18(2,3)4/h7-8,13,16,20-21H,6,9-12H2,1-5H3. The Labute approximate surface area is 134 Å². The number of methoxy groups -OCH3 is 1. The SMILES string of the molecule is CCN(CCO)CCC(O)c1ccc(OC)c(C(C)(C)C)c1. The summed E-state index contributed by atoms with van der Waals surface area (Å²) in [5.41, 5.74) is 1.99. The van der Waals surface area contributed by atoms with Gasteiger partial charge in [0.1, 0.15) is 5.75 Å². The van der Waals surface area contributed by atoms with Gasteiger partial charge >= 0.3 is 0 Å². The Kier molecular flexibility index (Phi) is 7.33. The first-order chi connectivity index (χ1) is 10.3. The van der Waals surface area contributed by atoms with Crippen LogP contribution in [-0.4, -0.2) is 48.5 Å². The Balaban J connectivity index is 2.83. The number of likely N-dealkylation sites (N-methyl/N-ethyl adjacent to an activating group) is 1. The largest absolute Gasteiger partial charge is 0.496 e. The van der Waals surface area contributed by atoms with E-state index in [2.05, 4.69) is 32.6 Å². The number of rotatable bonds is 8. The molecule has 1 atom stereocenters. The molecule has 0 aromatic heterocycles. The monoisotopic (exact) mass is 309 g/mol. The average Bonchev–Trinajstić information content (AvgIpc) is 2.49. The smallest absolute Gasteiger partial charge is 0.122 e. The fraction of sp³-hybridized carbons (Fsp3) is 0.667. The van der Waals surface area contributed by atoms with E-state index in [0.717, 1.165) is 30.0 Å². The van der Waals surface area contributed by atoms with Gasteiger partial charge in [0.25, 0.3) is 0 Å². The molecular weight excluding hydrogens is 278 g/mol. The van der Waals surface area contributed by atoms with Crippen LogP contribution in [0.4, 0.5) is 0 Å². The van der Waals surface area contributed by atoms with Crippen molar-refractivity contribution >= 4 is 0 Å². The first-order valence-electron chi connectivity index (χ1n) is 8.03. The highest BCUT2D eigenvalue weighted by atomic mass is 16.5. The summed E-state index contributed by atoms with van der Waals surface area (Å²) < 4.78 is 5.44. The zero-order valence-electron chi connectivity index (χ0n) is 14.6. The lowest BCUT2D eigenvalue weighted by Crippen LogP contribution is -2.28. The van der Waals surface area contributed by atoms with Crippen molar-refractivity contribution in [3.8, 4) is 5.75 Å². The minimum absolute atomic E-state index is 0.0343. The van der Waals surface area contributed by atoms with Crippen LogP contribution >= 0.6 is 0 Å². The molecule has 0 spiro atoms. The molecular formula is C18H31NO3. The van der Waals surface area contributed by atoms with Gasteiger partial charge < -0.3 is 19.8 Å². The lowest BCUT2D eigenvalue weighted by molar-refractivity contribution is 0.133. The van der Waals surface area contributed by atoms with Gasteiger partial charge in [-0.05, 0) is 41.6 Å². The third-order valence-electron chi connectivity index (χ3n) is 4.00. The normalized spacial score (nSPS) is 13.5. The number of hydrogen-bond acceptors (Lipinski definition) is 4. The van der Waals surface area contributed by atoms with E-state index in [1.807, 2.05) is 18.2 Å². The van der Waals surface area contributed by atoms with Crippen molar-refractivity contribution in [2.75, 3.05) is 33.4 Å². The van der Waals surface area contributed by atoms with Crippen molar-refractivity contribution in [2.45, 2.75) is 45.6 Å². The maximum atomic E-state index is 10.5. The van der Waals surface area contributed by atoms with Gasteiger partial charge in [0.05, 0.1) is 19.8 Å². The number of ether oxygens (including phenoxy) is 1. The second-order valence-corrected chi connectivity index (χ2v) is 6.67. The zero-order chi connectivity index (χ0) is 16.8. The van der Waals surface area contributed by atoms with E-state index in [-0.39, 0.29) is 12.0 Å². The molecule has 0 radical (unpaired) electrons. The third kappa shape index (κ3) is 5.27. The number of aliphatic hydroxyl groups excluding tert-OH is 2. The fourth-order valence-corrected chi connectivity index (χ4v) is 2.56. The predicted molar refractivity (Wildman–Crippen MR) is 90.5 cm³/mol. The van der Waals surface area contributed by atoms with Crippen molar-refractivity contribution in [3.05, 3.63) is 29.3 Å². The van der Waals surface area contributed by atoms with Gasteiger partial charge in [-0.25, -0.2) is 0 Å². The van der Waals surface area contributed by atoms with Crippen LogP contribution in [0.5, 0.6) is 5.75 Å². The van der Waals surface area contributed by atoms with Crippen LogP contribution in [0.3, 0.4) is 0 Å². The first-order valence-corrected chi connectivity index (χ1v) is 8.03. The molecule has 4 heteroatoms. The molecule has 2 N–H and O–H groups in total. The third-order valence-corrected chi connectivity index (χ3v) is 4.00. The van der Waals surface area contributed by atoms with Gasteiger partial charge in [-0.1, -0.05) is 33.8 Å². The van der Waals surface area contributed by atoms with E-state index in [4.69, 9.17) is 9.84 Å². The molecule has 4 nitrogen and oxygen atoms in total. The van der Waals surface area contributed by atoms with Gasteiger partial charge in [0.15, 0.2) is 0 Å². The van der Waals surface area contributed by atoms with Crippen LogP contribution in [0.15, 0.2) is 18.2 Å². The highest BCUT2D eigenvalue weighted by Crippen LogP contribution is 2.33. The van der Waals surface area contributed by atoms with Gasteiger partial charge in [0.2, 0.25) is 0 Å². The van der Waals surface area contributed by atoms with E-state index in [0.29, 0.717) is 13.0 Å². The van der Waals surface area contributed by atoms with Crippen molar-refractivity contribution < 1.29 is 14.9 Å². The van der Waals surface area contributed by atoms with Crippen molar-refractivity contribution in [1.82, 2.24) is 4.90 Å². The Morgan fingerprint density at radius 3 is 2.41 bits per heavy atom. The summed E-state index contributed by atoms with van der Waals surface area (Å²) in [6, 6.07) is 5.91. The van der Waals surface area contributed by atoms with Crippen molar-refractivity contribution in [3.63, 3.8) is 0 Å². The van der Waals surface area contributed by atoms with Crippen LogP contribution in [0.25, 0.3) is 0 Å². The highest BCUT2D eigenvalue weighted by Gasteiger charge is 2.21. The Morgan fingerprint density at radius 2 is 1.91 bits per heavy atom. The minimum Gasteiger partial charge on any atom is -0.496 e. The quantitative estimate of drug-likeness (QED) is 0.775. The van der Waals surface area contributed by atoms with Crippen LogP contribution in [0.1, 0.15) is 51.3 Å². The van der Waals surface area contributed by atoms with E-state index in [1.165, 1.54) is 0 Å². The predicted octanol–water partition coefficient (Wildman–Crippen LogP) is 2.73. The van der Waals surface area contributed by atoms with Gasteiger partial charge in [0, 0.05) is 13.1 Å². The van der Waals surface area contributed by atoms with Crippen LogP contribution in [0, 0.1) is 0 Å². The fourth-order valence-electron chi connectivity index (χ4n) is 2.56. The maximum absolute atomic E-state index is 10.5. The summed E-state index contributed by atoms with van der Waals surface area (Å²) in [6.45, 7) is 10.9. The molecule has 126 valence electrons. The molecule has 1 unspecified atom stereocenters. The molecule has 0 amide bonds. The molecule has 0 heterocycles. The minimum atomic E-state index is -0.500. The first kappa shape index (κ1) is 18.9. The molecule has 1 rings (SSSR count). The lowest BCUT2D eigenvalue weighted by atomic mass is 9.84. The molecule has 0 saturated heterocycles. The van der Waals surface area contributed by atoms with E-state index in [1.54, 1.807) is 7.11 Å². The summed E-state index contributed by atoms with van der Waals surface area (Å²) in [7, 11) is 1.68. The highest BCUT2D eigenvalue weighted by molar-refractivity contribution is 5.42.